The van der Waals surface area contributed by atoms with Crippen LogP contribution in [0.4, 0.5) is 0 Å². The van der Waals surface area contributed by atoms with Gasteiger partial charge in [-0.15, -0.1) is 10.2 Å². The summed E-state index contributed by atoms with van der Waals surface area (Å²) in [4.78, 5) is 3.99. The second-order valence-electron chi connectivity index (χ2n) is 4.04. The van der Waals surface area contributed by atoms with E-state index in [1.807, 2.05) is 24.4 Å². The summed E-state index contributed by atoms with van der Waals surface area (Å²) in [6, 6.07) is 5.84. The Balaban J connectivity index is 2.10. The molecule has 0 aliphatic heterocycles. The molecule has 4 heterocycles. The number of aromatic nitrogens is 6. The minimum absolute atomic E-state index is 0.466. The molecule has 0 spiro atoms. The summed E-state index contributed by atoms with van der Waals surface area (Å²) in [7, 11) is 0. The molecule has 4 rings (SSSR count). The van der Waals surface area contributed by atoms with Gasteiger partial charge in [-0.3, -0.25) is 9.38 Å². The molecule has 0 bridgehead atoms. The van der Waals surface area contributed by atoms with Crippen molar-refractivity contribution in [1.82, 2.24) is 29.2 Å². The second kappa shape index (κ2) is 3.76. The molecular weight excluding hydrogens is 264 g/mol. The average molecular weight is 271 g/mol. The quantitative estimate of drug-likeness (QED) is 0.531. The molecule has 7 heteroatoms. The van der Waals surface area contributed by atoms with Gasteiger partial charge >= 0.3 is 0 Å². The molecule has 92 valence electrons. The van der Waals surface area contributed by atoms with E-state index in [2.05, 4.69) is 20.3 Å². The van der Waals surface area contributed by atoms with Crippen molar-refractivity contribution in [1.29, 1.82) is 0 Å². The van der Waals surface area contributed by atoms with Gasteiger partial charge in [-0.2, -0.15) is 5.10 Å². The molecule has 19 heavy (non-hydrogen) atoms. The maximum Gasteiger partial charge on any atom is 0.180 e. The molecule has 0 saturated heterocycles. The predicted octanol–water partition coefficient (Wildman–Crippen LogP) is 2.09. The molecular formula is C12H7ClN6. The summed E-state index contributed by atoms with van der Waals surface area (Å²) in [5.74, 6) is 0.656. The topological polar surface area (TPSA) is 60.4 Å². The third kappa shape index (κ3) is 1.43. The van der Waals surface area contributed by atoms with Gasteiger partial charge in [0.25, 0.3) is 0 Å². The maximum absolute atomic E-state index is 6.16. The Morgan fingerprint density at radius 1 is 1.05 bits per heavy atom. The van der Waals surface area contributed by atoms with Gasteiger partial charge in [0.05, 0.1) is 29.7 Å². The molecule has 4 aromatic heterocycles. The zero-order valence-electron chi connectivity index (χ0n) is 9.60. The Kier molecular flexibility index (Phi) is 2.07. The molecule has 0 amide bonds. The SMILES string of the molecule is Clc1cncc2nnc(-c3cnn4ccccc34)n12. The molecule has 0 aliphatic rings. The van der Waals surface area contributed by atoms with E-state index in [1.165, 1.54) is 0 Å². The van der Waals surface area contributed by atoms with Crippen LogP contribution in [0.2, 0.25) is 5.15 Å². The highest BCUT2D eigenvalue weighted by molar-refractivity contribution is 6.29. The van der Waals surface area contributed by atoms with Crippen LogP contribution in [0.5, 0.6) is 0 Å². The first-order chi connectivity index (χ1) is 9.34. The van der Waals surface area contributed by atoms with Crippen molar-refractivity contribution in [2.45, 2.75) is 0 Å². The van der Waals surface area contributed by atoms with Gasteiger partial charge in [-0.25, -0.2) is 4.52 Å². The van der Waals surface area contributed by atoms with Crippen LogP contribution < -0.4 is 0 Å². The third-order valence-electron chi connectivity index (χ3n) is 2.94. The number of halogens is 1. The summed E-state index contributed by atoms with van der Waals surface area (Å²) < 4.78 is 3.53. The highest BCUT2D eigenvalue weighted by atomic mass is 35.5. The Bertz CT molecular complexity index is 893. The molecule has 0 aromatic carbocycles. The van der Waals surface area contributed by atoms with Crippen LogP contribution in [0.1, 0.15) is 0 Å². The number of rotatable bonds is 1. The number of nitrogens with zero attached hydrogens (tertiary/aromatic N) is 6. The Labute approximate surface area is 112 Å². The molecule has 0 radical (unpaired) electrons. The summed E-state index contributed by atoms with van der Waals surface area (Å²) in [6.07, 6.45) is 6.81. The monoisotopic (exact) mass is 270 g/mol. The Hall–Kier alpha value is -2.47. The van der Waals surface area contributed by atoms with Crippen molar-refractivity contribution in [3.8, 4) is 11.4 Å². The van der Waals surface area contributed by atoms with E-state index in [0.717, 1.165) is 11.1 Å². The van der Waals surface area contributed by atoms with Crippen LogP contribution in [0.3, 0.4) is 0 Å². The van der Waals surface area contributed by atoms with Crippen LogP contribution in [0.15, 0.2) is 43.0 Å². The van der Waals surface area contributed by atoms with Gasteiger partial charge in [-0.1, -0.05) is 17.7 Å². The second-order valence-corrected chi connectivity index (χ2v) is 4.42. The molecule has 0 fully saturated rings. The van der Waals surface area contributed by atoms with Gasteiger partial charge in [0.2, 0.25) is 0 Å². The summed E-state index contributed by atoms with van der Waals surface area (Å²) in [6.45, 7) is 0. The van der Waals surface area contributed by atoms with Crippen molar-refractivity contribution >= 4 is 22.8 Å². The van der Waals surface area contributed by atoms with E-state index in [4.69, 9.17) is 11.6 Å². The lowest BCUT2D eigenvalue weighted by Crippen LogP contribution is -1.92. The lowest BCUT2D eigenvalue weighted by molar-refractivity contribution is 0.961. The lowest BCUT2D eigenvalue weighted by Gasteiger charge is -2.00. The van der Waals surface area contributed by atoms with Gasteiger partial charge in [0, 0.05) is 6.20 Å². The van der Waals surface area contributed by atoms with Crippen molar-refractivity contribution < 1.29 is 0 Å². The standard InChI is InChI=1S/C12H7ClN6/c13-10-6-14-7-11-16-17-12(19(10)11)8-5-15-18-4-2-1-3-9(8)18/h1-7H. The number of hydrogen-bond acceptors (Lipinski definition) is 4. The largest absolute Gasteiger partial charge is 0.262 e. The third-order valence-corrected chi connectivity index (χ3v) is 3.21. The molecule has 0 saturated carbocycles. The van der Waals surface area contributed by atoms with E-state index in [9.17, 15) is 0 Å². The summed E-state index contributed by atoms with van der Waals surface area (Å²) >= 11 is 6.16. The van der Waals surface area contributed by atoms with E-state index in [1.54, 1.807) is 27.5 Å². The van der Waals surface area contributed by atoms with Crippen molar-refractivity contribution in [2.24, 2.45) is 0 Å². The summed E-state index contributed by atoms with van der Waals surface area (Å²) in [5.41, 5.74) is 2.43. The minimum Gasteiger partial charge on any atom is -0.262 e. The average Bonchev–Trinajstić information content (AvgIpc) is 3.02. The molecule has 6 nitrogen and oxygen atoms in total. The smallest absolute Gasteiger partial charge is 0.180 e. The van der Waals surface area contributed by atoms with Crippen molar-refractivity contribution in [3.63, 3.8) is 0 Å². The van der Waals surface area contributed by atoms with Crippen LogP contribution in [0.25, 0.3) is 22.6 Å². The number of fused-ring (bicyclic) bond motifs is 2. The minimum atomic E-state index is 0.466. The van der Waals surface area contributed by atoms with E-state index < -0.39 is 0 Å². The first-order valence-electron chi connectivity index (χ1n) is 5.62. The van der Waals surface area contributed by atoms with Crippen LogP contribution in [-0.2, 0) is 0 Å². The normalized spacial score (nSPS) is 11.4. The zero-order chi connectivity index (χ0) is 12.8. The van der Waals surface area contributed by atoms with Gasteiger partial charge < -0.3 is 0 Å². The number of pyridine rings is 1. The van der Waals surface area contributed by atoms with Crippen LogP contribution in [0, 0.1) is 0 Å². The molecule has 0 N–H and O–H groups in total. The van der Waals surface area contributed by atoms with E-state index in [0.29, 0.717) is 16.6 Å². The first-order valence-corrected chi connectivity index (χ1v) is 6.00. The van der Waals surface area contributed by atoms with Gasteiger partial charge in [-0.05, 0) is 12.1 Å². The maximum atomic E-state index is 6.16. The Morgan fingerprint density at radius 3 is 2.95 bits per heavy atom. The molecule has 0 unspecified atom stereocenters. The fourth-order valence-corrected chi connectivity index (χ4v) is 2.32. The van der Waals surface area contributed by atoms with Gasteiger partial charge in [0.1, 0.15) is 5.15 Å². The van der Waals surface area contributed by atoms with Crippen LogP contribution >= 0.6 is 11.6 Å². The first kappa shape index (κ1) is 10.5. The fourth-order valence-electron chi connectivity index (χ4n) is 2.10. The summed E-state index contributed by atoms with van der Waals surface area (Å²) in [5, 5.41) is 13.0. The predicted molar refractivity (Wildman–Crippen MR) is 70.0 cm³/mol. The van der Waals surface area contributed by atoms with Gasteiger partial charge in [0.15, 0.2) is 11.5 Å². The van der Waals surface area contributed by atoms with Crippen molar-refractivity contribution in [3.05, 3.63) is 48.1 Å². The fraction of sp³-hybridized carbons (Fsp3) is 0. The zero-order valence-corrected chi connectivity index (χ0v) is 10.4. The van der Waals surface area contributed by atoms with E-state index in [-0.39, 0.29) is 0 Å². The van der Waals surface area contributed by atoms with E-state index >= 15 is 0 Å². The highest BCUT2D eigenvalue weighted by Gasteiger charge is 2.14. The lowest BCUT2D eigenvalue weighted by atomic mass is 10.2. The molecule has 0 atom stereocenters. The number of hydrogen-bond donors (Lipinski definition) is 0. The molecule has 4 aromatic rings. The highest BCUT2D eigenvalue weighted by Crippen LogP contribution is 2.25. The van der Waals surface area contributed by atoms with Crippen LogP contribution in [-0.4, -0.2) is 29.2 Å². The Morgan fingerprint density at radius 2 is 2.00 bits per heavy atom. The molecule has 0 aliphatic carbocycles. The van der Waals surface area contributed by atoms with Crippen molar-refractivity contribution in [2.75, 3.05) is 0 Å².